The van der Waals surface area contributed by atoms with Crippen molar-refractivity contribution >= 4 is 46.4 Å². The molecule has 19 heavy (non-hydrogen) atoms. The Balaban J connectivity index is 2.23. The molecule has 0 aliphatic rings. The third kappa shape index (κ3) is 3.32. The zero-order chi connectivity index (χ0) is 14.0. The number of carbonyl (C=O) groups excluding carboxylic acids is 1. The van der Waals surface area contributed by atoms with Crippen LogP contribution in [-0.2, 0) is 0 Å². The molecule has 0 radical (unpaired) electrons. The van der Waals surface area contributed by atoms with Crippen LogP contribution >= 0.6 is 34.8 Å². The van der Waals surface area contributed by atoms with Gasteiger partial charge in [-0.05, 0) is 36.4 Å². The van der Waals surface area contributed by atoms with Gasteiger partial charge < -0.3 is 10.4 Å². The maximum absolute atomic E-state index is 12.0. The number of aromatic hydroxyl groups is 1. The molecule has 2 aromatic rings. The first-order valence-corrected chi connectivity index (χ1v) is 6.35. The summed E-state index contributed by atoms with van der Waals surface area (Å²) in [7, 11) is 0. The number of nitrogens with one attached hydrogen (secondary N) is 1. The lowest BCUT2D eigenvalue weighted by atomic mass is 10.2. The van der Waals surface area contributed by atoms with Crippen molar-refractivity contribution in [1.82, 2.24) is 0 Å². The van der Waals surface area contributed by atoms with Gasteiger partial charge in [0, 0.05) is 10.7 Å². The van der Waals surface area contributed by atoms with Crippen molar-refractivity contribution in [3.63, 3.8) is 0 Å². The summed E-state index contributed by atoms with van der Waals surface area (Å²) < 4.78 is 0. The molecule has 2 rings (SSSR count). The van der Waals surface area contributed by atoms with Gasteiger partial charge in [0.05, 0.1) is 15.6 Å². The Morgan fingerprint density at radius 2 is 1.74 bits per heavy atom. The average molecular weight is 317 g/mol. The lowest BCUT2D eigenvalue weighted by molar-refractivity contribution is 0.102. The second-order valence-corrected chi connectivity index (χ2v) is 5.00. The van der Waals surface area contributed by atoms with Crippen LogP contribution in [0.25, 0.3) is 0 Å². The first-order valence-electron chi connectivity index (χ1n) is 5.22. The molecule has 0 spiro atoms. The van der Waals surface area contributed by atoms with Crippen LogP contribution in [0.5, 0.6) is 5.75 Å². The normalized spacial score (nSPS) is 10.3. The fourth-order valence-electron chi connectivity index (χ4n) is 1.46. The van der Waals surface area contributed by atoms with Gasteiger partial charge in [0.1, 0.15) is 5.75 Å². The number of amides is 1. The van der Waals surface area contributed by atoms with Crippen LogP contribution in [0.15, 0.2) is 36.4 Å². The molecule has 0 saturated heterocycles. The summed E-state index contributed by atoms with van der Waals surface area (Å²) in [5, 5.41) is 12.8. The molecular weight excluding hydrogens is 309 g/mol. The summed E-state index contributed by atoms with van der Waals surface area (Å²) in [5.41, 5.74) is 0.758. The van der Waals surface area contributed by atoms with Gasteiger partial charge >= 0.3 is 0 Å². The highest BCUT2D eigenvalue weighted by molar-refractivity contribution is 6.37. The third-order valence-electron chi connectivity index (χ3n) is 2.38. The van der Waals surface area contributed by atoms with Gasteiger partial charge in [-0.3, -0.25) is 4.79 Å². The first-order chi connectivity index (χ1) is 8.97. The van der Waals surface area contributed by atoms with Gasteiger partial charge in [0.25, 0.3) is 5.91 Å². The predicted molar refractivity (Wildman–Crippen MR) is 77.5 cm³/mol. The van der Waals surface area contributed by atoms with Gasteiger partial charge in [-0.25, -0.2) is 0 Å². The van der Waals surface area contributed by atoms with E-state index in [9.17, 15) is 9.90 Å². The summed E-state index contributed by atoms with van der Waals surface area (Å²) in [6.07, 6.45) is 0. The van der Waals surface area contributed by atoms with Crippen LogP contribution in [0, 0.1) is 0 Å². The quantitative estimate of drug-likeness (QED) is 0.795. The highest BCUT2D eigenvalue weighted by Crippen LogP contribution is 2.27. The van der Waals surface area contributed by atoms with E-state index < -0.39 is 0 Å². The molecule has 6 heteroatoms. The van der Waals surface area contributed by atoms with E-state index in [0.717, 1.165) is 0 Å². The molecule has 0 aliphatic heterocycles. The monoisotopic (exact) mass is 315 g/mol. The standard InChI is InChI=1S/C13H8Cl3NO2/c14-7-1-3-9(10(15)5-7)13(19)17-8-2-4-12(18)11(16)6-8/h1-6,18H,(H,17,19). The summed E-state index contributed by atoms with van der Waals surface area (Å²) in [4.78, 5) is 12.0. The molecule has 0 aliphatic carbocycles. The summed E-state index contributed by atoms with van der Waals surface area (Å²) >= 11 is 17.4. The van der Waals surface area contributed by atoms with E-state index in [1.165, 1.54) is 30.3 Å². The largest absolute Gasteiger partial charge is 0.506 e. The zero-order valence-corrected chi connectivity index (χ0v) is 11.7. The molecule has 0 heterocycles. The Kier molecular flexibility index (Phi) is 4.20. The van der Waals surface area contributed by atoms with Crippen molar-refractivity contribution in [2.75, 3.05) is 5.32 Å². The topological polar surface area (TPSA) is 49.3 Å². The van der Waals surface area contributed by atoms with Gasteiger partial charge in [-0.1, -0.05) is 34.8 Å². The molecule has 98 valence electrons. The number of anilines is 1. The number of phenolic OH excluding ortho intramolecular Hbond substituents is 1. The van der Waals surface area contributed by atoms with E-state index in [4.69, 9.17) is 34.8 Å². The van der Waals surface area contributed by atoms with Crippen LogP contribution in [0.1, 0.15) is 10.4 Å². The first kappa shape index (κ1) is 14.0. The molecule has 2 N–H and O–H groups in total. The minimum absolute atomic E-state index is 0.0517. The minimum atomic E-state index is -0.386. The molecule has 0 bridgehead atoms. The summed E-state index contributed by atoms with van der Waals surface area (Å²) in [6, 6.07) is 8.96. The molecule has 3 nitrogen and oxygen atoms in total. The number of carbonyl (C=O) groups is 1. The fraction of sp³-hybridized carbons (Fsp3) is 0. The highest BCUT2D eigenvalue weighted by Gasteiger charge is 2.11. The van der Waals surface area contributed by atoms with E-state index in [1.807, 2.05) is 0 Å². The number of benzene rings is 2. The molecular formula is C13H8Cl3NO2. The number of halogens is 3. The Labute approximate surface area is 124 Å². The van der Waals surface area contributed by atoms with E-state index in [2.05, 4.69) is 5.32 Å². The van der Waals surface area contributed by atoms with E-state index in [1.54, 1.807) is 6.07 Å². The van der Waals surface area contributed by atoms with Gasteiger partial charge in [-0.15, -0.1) is 0 Å². The SMILES string of the molecule is O=C(Nc1ccc(O)c(Cl)c1)c1ccc(Cl)cc1Cl. The molecule has 0 atom stereocenters. The Hall–Kier alpha value is -1.42. The average Bonchev–Trinajstić information content (AvgIpc) is 2.33. The highest BCUT2D eigenvalue weighted by atomic mass is 35.5. The molecule has 0 aromatic heterocycles. The minimum Gasteiger partial charge on any atom is -0.506 e. The molecule has 0 fully saturated rings. The van der Waals surface area contributed by atoms with Gasteiger partial charge in [0.15, 0.2) is 0 Å². The summed E-state index contributed by atoms with van der Waals surface area (Å²) in [5.74, 6) is -0.437. The van der Waals surface area contributed by atoms with Crippen molar-refractivity contribution in [3.05, 3.63) is 57.0 Å². The fourth-order valence-corrected chi connectivity index (χ4v) is 2.13. The Bertz CT molecular complexity index is 644. The number of rotatable bonds is 2. The lowest BCUT2D eigenvalue weighted by Crippen LogP contribution is -2.12. The Morgan fingerprint density at radius 3 is 2.37 bits per heavy atom. The van der Waals surface area contributed by atoms with Crippen LogP contribution in [0.4, 0.5) is 5.69 Å². The van der Waals surface area contributed by atoms with Crippen molar-refractivity contribution in [3.8, 4) is 5.75 Å². The smallest absolute Gasteiger partial charge is 0.257 e. The van der Waals surface area contributed by atoms with Crippen LogP contribution in [0.3, 0.4) is 0 Å². The zero-order valence-electron chi connectivity index (χ0n) is 9.45. The third-order valence-corrected chi connectivity index (χ3v) is 3.23. The number of hydrogen-bond donors (Lipinski definition) is 2. The van der Waals surface area contributed by atoms with E-state index in [0.29, 0.717) is 16.3 Å². The van der Waals surface area contributed by atoms with E-state index in [-0.39, 0.29) is 21.7 Å². The van der Waals surface area contributed by atoms with Gasteiger partial charge in [-0.2, -0.15) is 0 Å². The molecule has 1 amide bonds. The second kappa shape index (κ2) is 5.70. The molecule has 0 saturated carbocycles. The number of phenols is 1. The molecule has 0 unspecified atom stereocenters. The predicted octanol–water partition coefficient (Wildman–Crippen LogP) is 4.60. The van der Waals surface area contributed by atoms with Gasteiger partial charge in [0.2, 0.25) is 0 Å². The molecule has 2 aromatic carbocycles. The second-order valence-electron chi connectivity index (χ2n) is 3.74. The maximum Gasteiger partial charge on any atom is 0.257 e. The Morgan fingerprint density at radius 1 is 1.00 bits per heavy atom. The van der Waals surface area contributed by atoms with E-state index >= 15 is 0 Å². The van der Waals surface area contributed by atoms with Crippen LogP contribution < -0.4 is 5.32 Å². The van der Waals surface area contributed by atoms with Crippen molar-refractivity contribution < 1.29 is 9.90 Å². The van der Waals surface area contributed by atoms with Crippen LogP contribution in [-0.4, -0.2) is 11.0 Å². The van der Waals surface area contributed by atoms with Crippen molar-refractivity contribution in [1.29, 1.82) is 0 Å². The maximum atomic E-state index is 12.0. The lowest BCUT2D eigenvalue weighted by Gasteiger charge is -2.08. The van der Waals surface area contributed by atoms with Crippen molar-refractivity contribution in [2.24, 2.45) is 0 Å². The van der Waals surface area contributed by atoms with Crippen LogP contribution in [0.2, 0.25) is 15.1 Å². The number of hydrogen-bond acceptors (Lipinski definition) is 2. The van der Waals surface area contributed by atoms with Crippen molar-refractivity contribution in [2.45, 2.75) is 0 Å². The summed E-state index contributed by atoms with van der Waals surface area (Å²) in [6.45, 7) is 0.